The molecule has 5 rings (SSSR count). The minimum absolute atomic E-state index is 0.0669. The summed E-state index contributed by atoms with van der Waals surface area (Å²) in [5, 5.41) is 19.5. The van der Waals surface area contributed by atoms with E-state index in [1.165, 1.54) is 12.1 Å². The molecule has 3 aromatic rings. The summed E-state index contributed by atoms with van der Waals surface area (Å²) in [6.07, 6.45) is -4.03. The predicted molar refractivity (Wildman–Crippen MR) is 158 cm³/mol. The molecule has 0 bridgehead atoms. The fraction of sp³-hybridized carbons (Fsp3) is 0.333. The zero-order valence-electron chi connectivity index (χ0n) is 23.1. The first-order valence-electron chi connectivity index (χ1n) is 13.5. The highest BCUT2D eigenvalue weighted by atomic mass is 35.5. The molecule has 13 heteroatoms. The molecule has 0 aromatic heterocycles. The number of allylic oxidation sites excluding steroid dienone is 1. The molecule has 1 saturated heterocycles. The van der Waals surface area contributed by atoms with Crippen molar-refractivity contribution in [3.8, 4) is 0 Å². The van der Waals surface area contributed by atoms with Gasteiger partial charge in [0.1, 0.15) is 5.82 Å². The van der Waals surface area contributed by atoms with Crippen LogP contribution in [0.2, 0.25) is 5.02 Å². The highest BCUT2D eigenvalue weighted by Crippen LogP contribution is 2.42. The summed E-state index contributed by atoms with van der Waals surface area (Å²) in [5.74, 6) is -0.514. The highest BCUT2D eigenvalue weighted by molar-refractivity contribution is 7.92. The molecule has 2 aliphatic rings. The molecule has 0 aliphatic carbocycles. The zero-order valence-corrected chi connectivity index (χ0v) is 24.7. The topological polar surface area (TPSA) is 84.3 Å². The molecule has 1 fully saturated rings. The number of rotatable bonds is 7. The summed E-state index contributed by atoms with van der Waals surface area (Å²) < 4.78 is 84.3. The molecule has 0 spiro atoms. The third-order valence-corrected chi connectivity index (χ3v) is 9.78. The van der Waals surface area contributed by atoms with Crippen LogP contribution in [0.5, 0.6) is 0 Å². The third-order valence-electron chi connectivity index (χ3n) is 7.69. The Morgan fingerprint density at radius 1 is 1.07 bits per heavy atom. The summed E-state index contributed by atoms with van der Waals surface area (Å²) in [7, 11) is -4.47. The van der Waals surface area contributed by atoms with Crippen molar-refractivity contribution >= 4 is 44.6 Å². The Bertz CT molecular complexity index is 1630. The largest absolute Gasteiger partial charge is 0.416 e. The summed E-state index contributed by atoms with van der Waals surface area (Å²) in [4.78, 5) is 3.46. The van der Waals surface area contributed by atoms with Gasteiger partial charge in [0.15, 0.2) is 0 Å². The Morgan fingerprint density at radius 3 is 2.51 bits per heavy atom. The lowest BCUT2D eigenvalue weighted by Crippen LogP contribution is -2.61. The van der Waals surface area contributed by atoms with Gasteiger partial charge in [-0.1, -0.05) is 35.9 Å². The van der Waals surface area contributed by atoms with E-state index >= 15 is 0 Å². The lowest BCUT2D eigenvalue weighted by atomic mass is 10.0. The molecule has 0 saturated carbocycles. The second-order valence-electron chi connectivity index (χ2n) is 10.7. The first kappa shape index (κ1) is 31.3. The summed E-state index contributed by atoms with van der Waals surface area (Å²) >= 11 is 6.24. The minimum atomic E-state index is -4.73. The van der Waals surface area contributed by atoms with E-state index in [-0.39, 0.29) is 35.4 Å². The van der Waals surface area contributed by atoms with E-state index in [1.807, 2.05) is 9.80 Å². The fourth-order valence-electron chi connectivity index (χ4n) is 5.66. The normalized spacial score (nSPS) is 18.8. The van der Waals surface area contributed by atoms with Crippen LogP contribution in [-0.4, -0.2) is 75.0 Å². The standard InChI is InChI=1S/C30H30ClF4N3O4S/c1-19(29-25(31)6-3-7-26(29)32)12-20-8-9-27-28(13-20)38(16-22-15-36(10-11-37(22)27)17-23(40)18-39)43(41,42)24-5-2-4-21(14-24)30(33,34)35/h2-9,12-14,22-23,39-40H,10-11,15-18H2,1H3/b19-12+/t22-,23-/m0/s1. The van der Waals surface area contributed by atoms with E-state index < -0.39 is 45.2 Å². The number of nitrogens with zero attached hydrogens (tertiary/aromatic N) is 3. The number of β-amino-alcohol motifs (C(OH)–C–C–N with tert-alkyl or cyclic N) is 1. The zero-order chi connectivity index (χ0) is 31.1. The maximum Gasteiger partial charge on any atom is 0.416 e. The predicted octanol–water partition coefficient (Wildman–Crippen LogP) is 5.11. The number of alkyl halides is 3. The Kier molecular flexibility index (Phi) is 8.79. The van der Waals surface area contributed by atoms with Gasteiger partial charge >= 0.3 is 6.18 Å². The molecule has 2 atom stereocenters. The maximum absolute atomic E-state index is 14.6. The first-order chi connectivity index (χ1) is 20.3. The molecule has 230 valence electrons. The molecule has 7 nitrogen and oxygen atoms in total. The van der Waals surface area contributed by atoms with Crippen molar-refractivity contribution in [2.75, 3.05) is 48.5 Å². The molecule has 0 amide bonds. The van der Waals surface area contributed by atoms with Gasteiger partial charge in [-0.15, -0.1) is 0 Å². The van der Waals surface area contributed by atoms with Crippen LogP contribution in [0.1, 0.15) is 23.6 Å². The van der Waals surface area contributed by atoms with Gasteiger partial charge in [0, 0.05) is 31.7 Å². The van der Waals surface area contributed by atoms with Crippen LogP contribution in [0.4, 0.5) is 28.9 Å². The van der Waals surface area contributed by atoms with E-state index in [4.69, 9.17) is 11.6 Å². The lowest BCUT2D eigenvalue weighted by Gasteiger charge is -2.49. The quantitative estimate of drug-likeness (QED) is 0.276. The second kappa shape index (κ2) is 12.1. The van der Waals surface area contributed by atoms with Gasteiger partial charge in [-0.3, -0.25) is 9.21 Å². The molecule has 2 N–H and O–H groups in total. The number of anilines is 2. The molecule has 2 aliphatic heterocycles. The van der Waals surface area contributed by atoms with Gasteiger partial charge in [-0.2, -0.15) is 13.2 Å². The fourth-order valence-corrected chi connectivity index (χ4v) is 7.53. The molecule has 0 radical (unpaired) electrons. The summed E-state index contributed by atoms with van der Waals surface area (Å²) in [5.41, 5.74) is 1.02. The van der Waals surface area contributed by atoms with E-state index in [1.54, 1.807) is 37.3 Å². The van der Waals surface area contributed by atoms with Crippen molar-refractivity contribution in [2.24, 2.45) is 0 Å². The van der Waals surface area contributed by atoms with E-state index in [2.05, 4.69) is 0 Å². The van der Waals surface area contributed by atoms with Gasteiger partial charge in [0.2, 0.25) is 0 Å². The summed E-state index contributed by atoms with van der Waals surface area (Å²) in [6, 6.07) is 12.7. The Labute approximate surface area is 252 Å². The number of piperazine rings is 1. The number of benzene rings is 3. The van der Waals surface area contributed by atoms with E-state index in [0.717, 1.165) is 22.5 Å². The van der Waals surface area contributed by atoms with Gasteiger partial charge in [0.25, 0.3) is 10.0 Å². The minimum Gasteiger partial charge on any atom is -0.394 e. The summed E-state index contributed by atoms with van der Waals surface area (Å²) in [6.45, 7) is 2.77. The average molecular weight is 640 g/mol. The number of hydrogen-bond acceptors (Lipinski definition) is 6. The second-order valence-corrected chi connectivity index (χ2v) is 12.9. The Balaban J connectivity index is 1.59. The number of fused-ring (bicyclic) bond motifs is 3. The van der Waals surface area contributed by atoms with Crippen molar-refractivity contribution in [1.29, 1.82) is 0 Å². The van der Waals surface area contributed by atoms with Crippen LogP contribution in [-0.2, 0) is 16.2 Å². The van der Waals surface area contributed by atoms with Gasteiger partial charge in [-0.25, -0.2) is 12.8 Å². The molecular weight excluding hydrogens is 610 g/mol. The number of aliphatic hydroxyl groups is 2. The number of aliphatic hydroxyl groups excluding tert-OH is 2. The van der Waals surface area contributed by atoms with Gasteiger partial charge < -0.3 is 15.1 Å². The number of hydrogen-bond donors (Lipinski definition) is 2. The van der Waals surface area contributed by atoms with Crippen LogP contribution in [0.3, 0.4) is 0 Å². The van der Waals surface area contributed by atoms with Crippen molar-refractivity contribution in [2.45, 2.75) is 30.1 Å². The maximum atomic E-state index is 14.6. The van der Waals surface area contributed by atoms with E-state index in [9.17, 15) is 36.2 Å². The van der Waals surface area contributed by atoms with Crippen molar-refractivity contribution in [1.82, 2.24) is 4.90 Å². The third kappa shape index (κ3) is 6.39. The Hall–Kier alpha value is -3.16. The average Bonchev–Trinajstić information content (AvgIpc) is 2.96. The molecule has 43 heavy (non-hydrogen) atoms. The van der Waals surface area contributed by atoms with Crippen LogP contribution in [0, 0.1) is 5.82 Å². The lowest BCUT2D eigenvalue weighted by molar-refractivity contribution is -0.137. The first-order valence-corrected chi connectivity index (χ1v) is 15.4. The molecule has 3 aromatic carbocycles. The van der Waals surface area contributed by atoms with Gasteiger partial charge in [-0.05, 0) is 60.5 Å². The molecule has 0 unspecified atom stereocenters. The van der Waals surface area contributed by atoms with Crippen molar-refractivity contribution in [3.05, 3.63) is 88.2 Å². The van der Waals surface area contributed by atoms with E-state index in [0.29, 0.717) is 42.5 Å². The molecule has 2 heterocycles. The molecular formula is C30H30ClF4N3O4S. The number of halogens is 5. The van der Waals surface area contributed by atoms with Crippen LogP contribution < -0.4 is 9.21 Å². The van der Waals surface area contributed by atoms with Crippen LogP contribution >= 0.6 is 11.6 Å². The monoisotopic (exact) mass is 639 g/mol. The highest BCUT2D eigenvalue weighted by Gasteiger charge is 2.41. The van der Waals surface area contributed by atoms with Crippen molar-refractivity contribution < 1.29 is 36.2 Å². The van der Waals surface area contributed by atoms with Crippen LogP contribution in [0.25, 0.3) is 11.6 Å². The van der Waals surface area contributed by atoms with Crippen molar-refractivity contribution in [3.63, 3.8) is 0 Å². The van der Waals surface area contributed by atoms with Gasteiger partial charge in [0.05, 0.1) is 52.2 Å². The van der Waals surface area contributed by atoms with Crippen LogP contribution in [0.15, 0.2) is 65.6 Å². The smallest absolute Gasteiger partial charge is 0.394 e. The SMILES string of the molecule is C/C(=C\c1ccc2c(c1)N(S(=O)(=O)c1cccc(C(F)(F)F)c1)C[C@@H]1CN(C[C@H](O)CO)CCN21)c1c(F)cccc1Cl. The number of sulfonamides is 1. The Morgan fingerprint density at radius 2 is 1.81 bits per heavy atom.